The van der Waals surface area contributed by atoms with Crippen molar-refractivity contribution in [1.82, 2.24) is 25.6 Å². The van der Waals surface area contributed by atoms with Crippen molar-refractivity contribution < 1.29 is 32.2 Å². The van der Waals surface area contributed by atoms with Crippen molar-refractivity contribution in [3.63, 3.8) is 0 Å². The molecule has 2 aromatic heterocycles. The first-order valence-corrected chi connectivity index (χ1v) is 11.2. The van der Waals surface area contributed by atoms with Crippen LogP contribution in [0, 0.1) is 6.92 Å². The maximum Gasteiger partial charge on any atom is 0.451 e. The number of nitrogens with zero attached hydrogens (tertiary/aromatic N) is 3. The number of carbonyl (C=O) groups excluding carboxylic acids is 2. The van der Waals surface area contributed by atoms with Gasteiger partial charge in [0.05, 0.1) is 0 Å². The minimum Gasteiger partial charge on any atom is -0.491 e. The van der Waals surface area contributed by atoms with E-state index in [0.29, 0.717) is 28.4 Å². The number of ether oxygens (including phenoxy) is 2. The summed E-state index contributed by atoms with van der Waals surface area (Å²) in [6.45, 7) is 2.27. The number of nitrogens with one attached hydrogen (secondary N) is 2. The first-order valence-electron chi connectivity index (χ1n) is 10.4. The van der Waals surface area contributed by atoms with Gasteiger partial charge in [-0.05, 0) is 25.1 Å². The Kier molecular flexibility index (Phi) is 7.26. The number of thiazole rings is 1. The van der Waals surface area contributed by atoms with Crippen LogP contribution in [0.25, 0.3) is 10.6 Å². The van der Waals surface area contributed by atoms with Gasteiger partial charge in [0, 0.05) is 53.2 Å². The molecule has 0 spiro atoms. The van der Waals surface area contributed by atoms with Crippen LogP contribution in [-0.2, 0) is 22.3 Å². The zero-order valence-corrected chi connectivity index (χ0v) is 19.2. The summed E-state index contributed by atoms with van der Waals surface area (Å²) in [5.41, 5.74) is 1.25. The second-order valence-electron chi connectivity index (χ2n) is 7.67. The summed E-state index contributed by atoms with van der Waals surface area (Å²) in [5, 5.41) is 6.04. The molecular formula is C22H20F3N5O4S. The Morgan fingerprint density at radius 2 is 2.00 bits per heavy atom. The fraction of sp³-hybridized carbons (Fsp3) is 0.318. The van der Waals surface area contributed by atoms with E-state index >= 15 is 0 Å². The quantitative estimate of drug-likeness (QED) is 0.505. The lowest BCUT2D eigenvalue weighted by Gasteiger charge is -2.23. The van der Waals surface area contributed by atoms with E-state index in [4.69, 9.17) is 9.47 Å². The Balaban J connectivity index is 1.48. The third kappa shape index (κ3) is 6.51. The number of carbonyl (C=O) groups is 2. The van der Waals surface area contributed by atoms with Crippen LogP contribution in [0.1, 0.15) is 26.6 Å². The van der Waals surface area contributed by atoms with Gasteiger partial charge < -0.3 is 20.1 Å². The van der Waals surface area contributed by atoms with Crippen LogP contribution in [0.3, 0.4) is 0 Å². The van der Waals surface area contributed by atoms with Crippen molar-refractivity contribution >= 4 is 23.2 Å². The molecule has 0 radical (unpaired) electrons. The molecule has 184 valence electrons. The fourth-order valence-electron chi connectivity index (χ4n) is 3.13. The van der Waals surface area contributed by atoms with Gasteiger partial charge in [-0.15, -0.1) is 11.3 Å². The van der Waals surface area contributed by atoms with Gasteiger partial charge in [-0.25, -0.2) is 15.0 Å². The lowest BCUT2D eigenvalue weighted by molar-refractivity contribution is -0.145. The molecule has 1 atom stereocenters. The third-order valence-corrected chi connectivity index (χ3v) is 5.82. The maximum atomic E-state index is 12.9. The van der Waals surface area contributed by atoms with E-state index in [0.717, 1.165) is 17.3 Å². The predicted molar refractivity (Wildman–Crippen MR) is 119 cm³/mol. The number of halogens is 3. The van der Waals surface area contributed by atoms with E-state index in [1.165, 1.54) is 11.3 Å². The molecule has 1 aliphatic rings. The molecule has 2 N–H and O–H groups in total. The van der Waals surface area contributed by atoms with Crippen molar-refractivity contribution in [2.45, 2.75) is 25.7 Å². The molecule has 0 unspecified atom stereocenters. The minimum atomic E-state index is -4.64. The van der Waals surface area contributed by atoms with Crippen LogP contribution < -0.4 is 15.4 Å². The van der Waals surface area contributed by atoms with Gasteiger partial charge in [0.1, 0.15) is 30.1 Å². The molecule has 1 fully saturated rings. The lowest BCUT2D eigenvalue weighted by Crippen LogP contribution is -2.45. The molecule has 0 saturated carbocycles. The molecule has 9 nitrogen and oxygen atoms in total. The summed E-state index contributed by atoms with van der Waals surface area (Å²) in [4.78, 5) is 36.0. The van der Waals surface area contributed by atoms with Crippen LogP contribution >= 0.6 is 11.3 Å². The van der Waals surface area contributed by atoms with E-state index < -0.39 is 17.9 Å². The zero-order valence-electron chi connectivity index (χ0n) is 18.4. The van der Waals surface area contributed by atoms with Crippen molar-refractivity contribution in [1.29, 1.82) is 0 Å². The van der Waals surface area contributed by atoms with Crippen LogP contribution in [0.4, 0.5) is 13.2 Å². The third-order valence-electron chi connectivity index (χ3n) is 4.86. The van der Waals surface area contributed by atoms with Crippen molar-refractivity contribution in [3.8, 4) is 16.3 Å². The van der Waals surface area contributed by atoms with Crippen molar-refractivity contribution in [2.24, 2.45) is 0 Å². The normalized spacial score (nSPS) is 16.0. The van der Waals surface area contributed by atoms with Crippen molar-refractivity contribution in [2.75, 3.05) is 19.8 Å². The molecule has 3 aromatic rings. The van der Waals surface area contributed by atoms with Crippen LogP contribution in [0.15, 0.2) is 36.8 Å². The summed E-state index contributed by atoms with van der Waals surface area (Å²) in [5.74, 6) is -1.51. The van der Waals surface area contributed by atoms with E-state index in [2.05, 4.69) is 25.6 Å². The molecule has 1 saturated heterocycles. The summed E-state index contributed by atoms with van der Waals surface area (Å²) in [7, 11) is 0. The molecule has 0 aliphatic carbocycles. The summed E-state index contributed by atoms with van der Waals surface area (Å²) in [6, 6.07) is 4.95. The van der Waals surface area contributed by atoms with Crippen LogP contribution in [-0.4, -0.2) is 52.6 Å². The fourth-order valence-corrected chi connectivity index (χ4v) is 3.88. The first-order chi connectivity index (χ1) is 16.7. The van der Waals surface area contributed by atoms with Crippen LogP contribution in [0.2, 0.25) is 0 Å². The Morgan fingerprint density at radius 1 is 1.23 bits per heavy atom. The molecular weight excluding hydrogens is 487 g/mol. The summed E-state index contributed by atoms with van der Waals surface area (Å²) < 4.78 is 49.2. The summed E-state index contributed by atoms with van der Waals surface area (Å²) >= 11 is 1.45. The average Bonchev–Trinajstić information content (AvgIpc) is 3.28. The molecule has 2 amide bonds. The highest BCUT2D eigenvalue weighted by Gasteiger charge is 2.34. The van der Waals surface area contributed by atoms with E-state index in [1.807, 2.05) is 6.92 Å². The topological polar surface area (TPSA) is 115 Å². The molecule has 1 aliphatic heterocycles. The van der Waals surface area contributed by atoms with Crippen molar-refractivity contribution in [3.05, 3.63) is 58.6 Å². The van der Waals surface area contributed by atoms with E-state index in [9.17, 15) is 22.8 Å². The smallest absolute Gasteiger partial charge is 0.451 e. The highest BCUT2D eigenvalue weighted by Crippen LogP contribution is 2.30. The van der Waals surface area contributed by atoms with Gasteiger partial charge >= 0.3 is 6.18 Å². The molecule has 1 aromatic carbocycles. The molecule has 13 heteroatoms. The van der Waals surface area contributed by atoms with E-state index in [-0.39, 0.29) is 37.3 Å². The minimum absolute atomic E-state index is 0.0478. The molecule has 35 heavy (non-hydrogen) atoms. The lowest BCUT2D eigenvalue weighted by atomic mass is 10.1. The first kappa shape index (κ1) is 24.5. The van der Waals surface area contributed by atoms with Crippen LogP contribution in [0.5, 0.6) is 5.75 Å². The number of benzene rings is 1. The number of alkyl halides is 3. The largest absolute Gasteiger partial charge is 0.491 e. The second-order valence-corrected chi connectivity index (χ2v) is 8.90. The summed E-state index contributed by atoms with van der Waals surface area (Å²) in [6.07, 6.45) is -1.22. The number of aromatic nitrogens is 3. The maximum absolute atomic E-state index is 12.9. The number of rotatable bonds is 7. The molecule has 3 heterocycles. The Labute approximate surface area is 201 Å². The Bertz CT molecular complexity index is 1210. The SMILES string of the molecule is Cc1cnc(-c2cc(OC[C@@H]3CNC(=O)CO3)cc(C(=O)NCc3cnc(C(F)(F)F)nc3)c2)s1. The average molecular weight is 507 g/mol. The van der Waals surface area contributed by atoms with Gasteiger partial charge in [-0.1, -0.05) is 0 Å². The Hall–Kier alpha value is -3.58. The van der Waals surface area contributed by atoms with Gasteiger partial charge in [0.15, 0.2) is 0 Å². The number of hydrogen-bond acceptors (Lipinski definition) is 8. The number of aryl methyl sites for hydroxylation is 1. The standard InChI is InChI=1S/C22H20F3N5O4S/c1-12-5-28-20(35-12)15-2-14(3-16(4-15)33-10-17-9-26-18(31)11-34-17)19(32)27-6-13-7-29-21(30-8-13)22(23,24)25/h2-5,7-8,17H,6,9-11H2,1H3,(H,26,31)(H,27,32)/t17-/m0/s1. The van der Waals surface area contributed by atoms with Gasteiger partial charge in [0.2, 0.25) is 11.7 Å². The zero-order chi connectivity index (χ0) is 25.0. The van der Waals surface area contributed by atoms with E-state index in [1.54, 1.807) is 24.4 Å². The molecule has 4 rings (SSSR count). The Morgan fingerprint density at radius 3 is 2.63 bits per heavy atom. The van der Waals surface area contributed by atoms with Gasteiger partial charge in [-0.2, -0.15) is 13.2 Å². The highest BCUT2D eigenvalue weighted by molar-refractivity contribution is 7.14. The van der Waals surface area contributed by atoms with Gasteiger partial charge in [-0.3, -0.25) is 9.59 Å². The number of morpholine rings is 1. The predicted octanol–water partition coefficient (Wildman–Crippen LogP) is 2.75. The number of amides is 2. The van der Waals surface area contributed by atoms with Gasteiger partial charge in [0.25, 0.3) is 5.91 Å². The molecule has 0 bridgehead atoms. The monoisotopic (exact) mass is 507 g/mol. The number of hydrogen-bond donors (Lipinski definition) is 2. The second kappa shape index (κ2) is 10.4. The highest BCUT2D eigenvalue weighted by atomic mass is 32.1.